The molecule has 1 N–H and O–H groups in total. The third-order valence-corrected chi connectivity index (χ3v) is 7.22. The summed E-state index contributed by atoms with van der Waals surface area (Å²) in [5.41, 5.74) is 3.45. The van der Waals surface area contributed by atoms with Gasteiger partial charge in [-0.05, 0) is 49.5 Å². The summed E-state index contributed by atoms with van der Waals surface area (Å²) in [4.78, 5) is 39.8. The number of nitrogens with one attached hydrogen (secondary N) is 1. The Labute approximate surface area is 231 Å². The molecule has 38 heavy (non-hydrogen) atoms. The number of carbonyl (C=O) groups excluding carboxylic acids is 2. The van der Waals surface area contributed by atoms with E-state index in [4.69, 9.17) is 27.9 Å². The Morgan fingerprint density at radius 3 is 2.63 bits per heavy atom. The van der Waals surface area contributed by atoms with Gasteiger partial charge in [0.2, 0.25) is 17.7 Å². The third kappa shape index (κ3) is 5.01. The predicted molar refractivity (Wildman–Crippen MR) is 148 cm³/mol. The number of rotatable bonds is 5. The molecular weight excluding hydrogens is 527 g/mol. The lowest BCUT2D eigenvalue weighted by atomic mass is 9.78. The molecule has 0 fully saturated rings. The van der Waals surface area contributed by atoms with Gasteiger partial charge in [0.15, 0.2) is 6.73 Å². The fourth-order valence-electron chi connectivity index (χ4n) is 4.89. The van der Waals surface area contributed by atoms with Crippen LogP contribution in [-0.4, -0.2) is 65.5 Å². The minimum absolute atomic E-state index is 0.0868. The molecule has 0 radical (unpaired) electrons. The van der Waals surface area contributed by atoms with E-state index in [2.05, 4.69) is 35.2 Å². The van der Waals surface area contributed by atoms with Crippen molar-refractivity contribution in [2.45, 2.75) is 25.8 Å². The topological polar surface area (TPSA) is 90.9 Å². The summed E-state index contributed by atoms with van der Waals surface area (Å²) in [6.07, 6.45) is 1.42. The molecule has 11 heteroatoms. The molecule has 198 valence electrons. The highest BCUT2D eigenvalue weighted by Crippen LogP contribution is 2.38. The van der Waals surface area contributed by atoms with Gasteiger partial charge < -0.3 is 19.9 Å². The molecule has 5 rings (SSSR count). The molecule has 0 spiro atoms. The molecule has 0 atom stereocenters. The molecule has 9 nitrogen and oxygen atoms in total. The van der Waals surface area contributed by atoms with Gasteiger partial charge in [-0.15, -0.1) is 0 Å². The van der Waals surface area contributed by atoms with Gasteiger partial charge >= 0.3 is 0 Å². The van der Waals surface area contributed by atoms with E-state index in [1.54, 1.807) is 18.2 Å². The molecule has 0 saturated heterocycles. The number of para-hydroxylation sites is 1. The largest absolute Gasteiger partial charge is 0.455 e. The number of anilines is 3. The van der Waals surface area contributed by atoms with Crippen molar-refractivity contribution in [3.63, 3.8) is 0 Å². The molecule has 3 aromatic rings. The van der Waals surface area contributed by atoms with E-state index in [0.29, 0.717) is 35.4 Å². The molecular formula is C27H28Cl2N6O3. The molecule has 2 amide bonds. The number of fused-ring (bicyclic) bond motifs is 2. The third-order valence-electron chi connectivity index (χ3n) is 6.61. The Morgan fingerprint density at radius 1 is 1.18 bits per heavy atom. The smallest absolute Gasteiger partial charge is 0.268 e. The van der Waals surface area contributed by atoms with E-state index in [1.165, 1.54) is 16.7 Å². The van der Waals surface area contributed by atoms with Crippen LogP contribution in [0.2, 0.25) is 10.0 Å². The SMILES string of the molecule is CN(C)CC(=O)N1Cc2cc(Nc3ncc4c(n3)OCN(c3c(Cl)cccc3Cl)C4=O)ccc2C(C)(C)C1. The van der Waals surface area contributed by atoms with Crippen LogP contribution in [-0.2, 0) is 16.8 Å². The molecule has 0 unspecified atom stereocenters. The lowest BCUT2D eigenvalue weighted by Crippen LogP contribution is -2.47. The quantitative estimate of drug-likeness (QED) is 0.488. The first-order valence-electron chi connectivity index (χ1n) is 12.1. The van der Waals surface area contributed by atoms with Crippen molar-refractivity contribution in [2.24, 2.45) is 0 Å². The Balaban J connectivity index is 1.37. The number of hydrogen-bond acceptors (Lipinski definition) is 7. The molecule has 2 aromatic carbocycles. The maximum atomic E-state index is 13.2. The summed E-state index contributed by atoms with van der Waals surface area (Å²) in [5, 5.41) is 3.89. The van der Waals surface area contributed by atoms with Crippen molar-refractivity contribution in [2.75, 3.05) is 44.1 Å². The number of aromatic nitrogens is 2. The van der Waals surface area contributed by atoms with Crippen LogP contribution in [0.15, 0.2) is 42.6 Å². The maximum absolute atomic E-state index is 13.2. The number of amides is 2. The van der Waals surface area contributed by atoms with Gasteiger partial charge in [0.1, 0.15) is 5.56 Å². The van der Waals surface area contributed by atoms with Crippen molar-refractivity contribution in [3.05, 3.63) is 69.3 Å². The Hall–Kier alpha value is -3.40. The average Bonchev–Trinajstić information content (AvgIpc) is 2.84. The number of likely N-dealkylation sites (N-methyl/N-ethyl adjacent to an activating group) is 1. The fraction of sp³-hybridized carbons (Fsp3) is 0.333. The minimum atomic E-state index is -0.355. The van der Waals surface area contributed by atoms with Crippen LogP contribution >= 0.6 is 23.2 Å². The molecule has 0 aliphatic carbocycles. The van der Waals surface area contributed by atoms with Crippen molar-refractivity contribution in [3.8, 4) is 5.88 Å². The highest BCUT2D eigenvalue weighted by molar-refractivity contribution is 6.40. The second-order valence-electron chi connectivity index (χ2n) is 10.4. The highest BCUT2D eigenvalue weighted by atomic mass is 35.5. The van der Waals surface area contributed by atoms with Gasteiger partial charge in [-0.2, -0.15) is 4.98 Å². The van der Waals surface area contributed by atoms with Crippen molar-refractivity contribution >= 4 is 52.3 Å². The van der Waals surface area contributed by atoms with Crippen LogP contribution in [0.5, 0.6) is 5.88 Å². The highest BCUT2D eigenvalue weighted by Gasteiger charge is 2.34. The van der Waals surface area contributed by atoms with E-state index < -0.39 is 0 Å². The van der Waals surface area contributed by atoms with E-state index >= 15 is 0 Å². The molecule has 3 heterocycles. The molecule has 2 aliphatic rings. The number of hydrogen-bond donors (Lipinski definition) is 1. The van der Waals surface area contributed by atoms with Crippen LogP contribution in [0.1, 0.15) is 35.3 Å². The van der Waals surface area contributed by atoms with E-state index in [9.17, 15) is 9.59 Å². The first kappa shape index (κ1) is 26.2. The Bertz CT molecular complexity index is 1410. The van der Waals surface area contributed by atoms with Crippen LogP contribution in [0.3, 0.4) is 0 Å². The number of benzene rings is 2. The first-order chi connectivity index (χ1) is 18.0. The average molecular weight is 555 g/mol. The van der Waals surface area contributed by atoms with Crippen molar-refractivity contribution < 1.29 is 14.3 Å². The monoisotopic (exact) mass is 554 g/mol. The van der Waals surface area contributed by atoms with E-state index in [0.717, 1.165) is 11.3 Å². The van der Waals surface area contributed by atoms with Gasteiger partial charge in [0, 0.05) is 30.4 Å². The lowest BCUT2D eigenvalue weighted by Gasteiger charge is -2.40. The van der Waals surface area contributed by atoms with Crippen molar-refractivity contribution in [1.82, 2.24) is 19.8 Å². The second-order valence-corrected chi connectivity index (χ2v) is 11.2. The summed E-state index contributed by atoms with van der Waals surface area (Å²) in [6.45, 7) is 5.77. The zero-order chi connectivity index (χ0) is 27.2. The zero-order valence-corrected chi connectivity index (χ0v) is 23.1. The maximum Gasteiger partial charge on any atom is 0.268 e. The van der Waals surface area contributed by atoms with Crippen LogP contribution in [0, 0.1) is 0 Å². The number of ether oxygens (including phenoxy) is 1. The molecule has 0 saturated carbocycles. The molecule has 2 aliphatic heterocycles. The molecule has 1 aromatic heterocycles. The fourth-order valence-corrected chi connectivity index (χ4v) is 5.49. The summed E-state index contributed by atoms with van der Waals surface area (Å²) >= 11 is 12.6. The number of halogens is 2. The summed E-state index contributed by atoms with van der Waals surface area (Å²) in [5.74, 6) is 0.202. The van der Waals surface area contributed by atoms with Crippen LogP contribution in [0.4, 0.5) is 17.3 Å². The van der Waals surface area contributed by atoms with Crippen LogP contribution in [0.25, 0.3) is 0 Å². The lowest BCUT2D eigenvalue weighted by molar-refractivity contribution is -0.133. The standard InChI is InChI=1S/C27H28Cl2N6O3/c1-27(2)14-34(22(36)13-33(3)4)12-16-10-17(8-9-19(16)27)31-26-30-11-18-24(32-26)38-15-35(25(18)37)23-20(28)6-5-7-21(23)29/h5-11H,12-15H2,1-4H3,(H,30,31,32). The summed E-state index contributed by atoms with van der Waals surface area (Å²) in [7, 11) is 3.78. The minimum Gasteiger partial charge on any atom is -0.455 e. The van der Waals surface area contributed by atoms with Gasteiger partial charge in [0.05, 0.1) is 22.3 Å². The Morgan fingerprint density at radius 2 is 1.92 bits per heavy atom. The van der Waals surface area contributed by atoms with Gasteiger partial charge in [-0.25, -0.2) is 4.98 Å². The van der Waals surface area contributed by atoms with Gasteiger partial charge in [-0.3, -0.25) is 14.5 Å². The van der Waals surface area contributed by atoms with E-state index in [1.807, 2.05) is 36.0 Å². The normalized spacial score (nSPS) is 16.1. The second kappa shape index (κ2) is 10.1. The first-order valence-corrected chi connectivity index (χ1v) is 12.9. The van der Waals surface area contributed by atoms with E-state index in [-0.39, 0.29) is 41.4 Å². The summed E-state index contributed by atoms with van der Waals surface area (Å²) < 4.78 is 5.79. The van der Waals surface area contributed by atoms with Gasteiger partial charge in [-0.1, -0.05) is 49.2 Å². The number of nitrogens with zero attached hydrogens (tertiary/aromatic N) is 5. The Kier molecular flexibility index (Phi) is 6.94. The predicted octanol–water partition coefficient (Wildman–Crippen LogP) is 4.71. The van der Waals surface area contributed by atoms with Crippen molar-refractivity contribution in [1.29, 1.82) is 0 Å². The van der Waals surface area contributed by atoms with Crippen LogP contribution < -0.4 is 15.0 Å². The summed E-state index contributed by atoms with van der Waals surface area (Å²) in [6, 6.07) is 11.1. The molecule has 0 bridgehead atoms. The van der Waals surface area contributed by atoms with Gasteiger partial charge in [0.25, 0.3) is 5.91 Å². The zero-order valence-electron chi connectivity index (χ0n) is 21.6. The number of carbonyl (C=O) groups is 2.